The van der Waals surface area contributed by atoms with Gasteiger partial charge in [0.25, 0.3) is 0 Å². The highest BCUT2D eigenvalue weighted by molar-refractivity contribution is 5.29. The molecule has 2 unspecified atom stereocenters. The van der Waals surface area contributed by atoms with E-state index in [9.17, 15) is 19.0 Å². The van der Waals surface area contributed by atoms with Crippen LogP contribution in [0.15, 0.2) is 35.5 Å². The Morgan fingerprint density at radius 1 is 1.15 bits per heavy atom. The van der Waals surface area contributed by atoms with Crippen molar-refractivity contribution in [2.45, 2.75) is 96.7 Å². The van der Waals surface area contributed by atoms with E-state index in [1.807, 2.05) is 0 Å². The molecule has 3 nitrogen and oxygen atoms in total. The average molecular weight is 478 g/mol. The predicted octanol–water partition coefficient (Wildman–Crippen LogP) is 6.13. The lowest BCUT2D eigenvalue weighted by atomic mass is 9.61. The van der Waals surface area contributed by atoms with Gasteiger partial charge < -0.3 is 15.1 Å². The van der Waals surface area contributed by atoms with Gasteiger partial charge in [-0.05, 0) is 106 Å². The van der Waals surface area contributed by atoms with Crippen LogP contribution in [-0.4, -0.2) is 53.4 Å². The molecule has 4 rings (SSSR count). The molecule has 1 aliphatic heterocycles. The molecular formula is C29H45F2NO2. The monoisotopic (exact) mass is 477 g/mol. The van der Waals surface area contributed by atoms with Crippen LogP contribution in [-0.2, 0) is 0 Å². The quantitative estimate of drug-likeness (QED) is 0.434. The summed E-state index contributed by atoms with van der Waals surface area (Å²) < 4.78 is 25.4. The third kappa shape index (κ3) is 5.68. The van der Waals surface area contributed by atoms with Crippen molar-refractivity contribution in [3.8, 4) is 0 Å². The van der Waals surface area contributed by atoms with E-state index in [0.717, 1.165) is 50.4 Å². The minimum Gasteiger partial charge on any atom is -0.388 e. The molecule has 0 bridgehead atoms. The number of hydrogen-bond donors (Lipinski definition) is 2. The minimum absolute atomic E-state index is 0.0619. The molecular weight excluding hydrogens is 432 g/mol. The summed E-state index contributed by atoms with van der Waals surface area (Å²) >= 11 is 0. The van der Waals surface area contributed by atoms with Gasteiger partial charge in [-0.3, -0.25) is 0 Å². The Morgan fingerprint density at radius 3 is 2.59 bits per heavy atom. The fourth-order valence-electron chi connectivity index (χ4n) is 7.79. The predicted molar refractivity (Wildman–Crippen MR) is 134 cm³/mol. The summed E-state index contributed by atoms with van der Waals surface area (Å²) in [7, 11) is 0. The number of fused-ring (bicyclic) bond motifs is 1. The van der Waals surface area contributed by atoms with Crippen LogP contribution in [0.1, 0.15) is 78.1 Å². The van der Waals surface area contributed by atoms with Gasteiger partial charge in [0.15, 0.2) is 0 Å². The zero-order valence-corrected chi connectivity index (χ0v) is 21.2. The Kier molecular flexibility index (Phi) is 8.36. The number of aliphatic hydroxyl groups excluding tert-OH is 2. The van der Waals surface area contributed by atoms with E-state index in [0.29, 0.717) is 35.7 Å². The van der Waals surface area contributed by atoms with Crippen molar-refractivity contribution in [1.82, 2.24) is 4.90 Å². The Hall–Kier alpha value is -1.04. The van der Waals surface area contributed by atoms with Crippen LogP contribution < -0.4 is 0 Å². The van der Waals surface area contributed by atoms with E-state index in [4.69, 9.17) is 0 Å². The molecule has 1 saturated heterocycles. The van der Waals surface area contributed by atoms with Gasteiger partial charge in [-0.2, -0.15) is 0 Å². The summed E-state index contributed by atoms with van der Waals surface area (Å²) in [6.45, 7) is 11.6. The van der Waals surface area contributed by atoms with Crippen LogP contribution >= 0.6 is 0 Å². The molecule has 7 atom stereocenters. The van der Waals surface area contributed by atoms with Gasteiger partial charge in [0.05, 0.1) is 12.2 Å². The minimum atomic E-state index is -2.17. The summed E-state index contributed by atoms with van der Waals surface area (Å²) in [4.78, 5) is 2.42. The van der Waals surface area contributed by atoms with E-state index >= 15 is 0 Å². The van der Waals surface area contributed by atoms with Crippen LogP contribution in [0.5, 0.6) is 0 Å². The maximum absolute atomic E-state index is 12.7. The van der Waals surface area contributed by atoms with Gasteiger partial charge in [0.2, 0.25) is 6.43 Å². The van der Waals surface area contributed by atoms with Crippen LogP contribution in [0.4, 0.5) is 8.78 Å². The molecule has 34 heavy (non-hydrogen) atoms. The summed E-state index contributed by atoms with van der Waals surface area (Å²) in [5.41, 5.74) is 3.55. The molecule has 0 spiro atoms. The maximum Gasteiger partial charge on any atom is 0.238 e. The van der Waals surface area contributed by atoms with Crippen LogP contribution in [0.3, 0.4) is 0 Å². The summed E-state index contributed by atoms with van der Waals surface area (Å²) in [5.74, 6) is 2.17. The number of allylic oxidation sites excluding steroid dienone is 3. The van der Waals surface area contributed by atoms with Crippen molar-refractivity contribution in [3.63, 3.8) is 0 Å². The van der Waals surface area contributed by atoms with E-state index < -0.39 is 18.6 Å². The molecule has 1 heterocycles. The van der Waals surface area contributed by atoms with E-state index in [2.05, 4.69) is 37.5 Å². The zero-order chi connectivity index (χ0) is 24.5. The van der Waals surface area contributed by atoms with Gasteiger partial charge in [-0.25, -0.2) is 8.78 Å². The molecule has 0 aromatic carbocycles. The number of nitrogens with zero attached hydrogens (tertiary/aromatic N) is 1. The standard InChI is InChI=1S/C29H45F2NO2/c1-19(10-13-32-14-11-22(18-32)17-28(30)31)24-8-9-25-23(5-4-12-29(24,25)3)7-6-21-15-26(33)20(2)27(34)16-21/h6-7,19,22,24-28,33-34H,2,4-5,8-18H2,1,3H3/t19?,22?,24-,25+,26-,27-,29-/m1/s1. The number of alkyl halides is 2. The number of halogens is 2. The fourth-order valence-corrected chi connectivity index (χ4v) is 7.79. The molecule has 5 heteroatoms. The Morgan fingerprint density at radius 2 is 1.88 bits per heavy atom. The Bertz CT molecular complexity index is 777. The first kappa shape index (κ1) is 26.0. The van der Waals surface area contributed by atoms with Crippen molar-refractivity contribution < 1.29 is 19.0 Å². The lowest BCUT2D eigenvalue weighted by Gasteiger charge is -2.44. The second-order valence-electron chi connectivity index (χ2n) is 12.0. The second kappa shape index (κ2) is 10.9. The molecule has 4 fully saturated rings. The summed E-state index contributed by atoms with van der Waals surface area (Å²) in [6.07, 6.45) is 10.6. The third-order valence-corrected chi connectivity index (χ3v) is 9.81. The molecule has 0 aromatic heterocycles. The molecule has 3 aliphatic carbocycles. The van der Waals surface area contributed by atoms with Crippen molar-refractivity contribution in [1.29, 1.82) is 0 Å². The molecule has 0 aromatic rings. The van der Waals surface area contributed by atoms with Crippen molar-refractivity contribution in [2.24, 2.45) is 29.1 Å². The van der Waals surface area contributed by atoms with Gasteiger partial charge in [0.1, 0.15) is 0 Å². The van der Waals surface area contributed by atoms with Gasteiger partial charge >= 0.3 is 0 Å². The van der Waals surface area contributed by atoms with Crippen LogP contribution in [0, 0.1) is 29.1 Å². The summed E-state index contributed by atoms with van der Waals surface area (Å²) in [5, 5.41) is 20.3. The lowest BCUT2D eigenvalue weighted by Crippen LogP contribution is -2.37. The maximum atomic E-state index is 12.7. The highest BCUT2D eigenvalue weighted by atomic mass is 19.3. The van der Waals surface area contributed by atoms with Crippen LogP contribution in [0.25, 0.3) is 0 Å². The largest absolute Gasteiger partial charge is 0.388 e. The molecule has 192 valence electrons. The van der Waals surface area contributed by atoms with Crippen molar-refractivity contribution in [2.75, 3.05) is 19.6 Å². The highest BCUT2D eigenvalue weighted by Crippen LogP contribution is 2.59. The number of rotatable bonds is 7. The van der Waals surface area contributed by atoms with Gasteiger partial charge in [0, 0.05) is 13.0 Å². The third-order valence-electron chi connectivity index (χ3n) is 9.81. The van der Waals surface area contributed by atoms with Crippen molar-refractivity contribution in [3.05, 3.63) is 35.5 Å². The molecule has 0 amide bonds. The normalized spacial score (nSPS) is 39.1. The smallest absolute Gasteiger partial charge is 0.238 e. The lowest BCUT2D eigenvalue weighted by molar-refractivity contribution is 0.0887. The number of likely N-dealkylation sites (tertiary alicyclic amines) is 1. The van der Waals surface area contributed by atoms with E-state index in [1.54, 1.807) is 5.57 Å². The first-order chi connectivity index (χ1) is 16.2. The number of hydrogen-bond acceptors (Lipinski definition) is 3. The SMILES string of the molecule is C=C1[C@H](O)CC(=CC=C2CCC[C@]3(C)[C@@H](C(C)CCN4CCC(CC(F)F)C4)CC[C@@H]23)C[C@H]1O. The van der Waals surface area contributed by atoms with Crippen LogP contribution in [0.2, 0.25) is 0 Å². The fraction of sp³-hybridized carbons (Fsp3) is 0.793. The Labute approximate surface area is 205 Å². The molecule has 2 N–H and O–H groups in total. The van der Waals surface area contributed by atoms with Crippen molar-refractivity contribution >= 4 is 0 Å². The molecule has 3 saturated carbocycles. The second-order valence-corrected chi connectivity index (χ2v) is 12.0. The number of aliphatic hydroxyl groups is 2. The van der Waals surface area contributed by atoms with Gasteiger partial charge in [-0.1, -0.05) is 43.7 Å². The molecule has 0 radical (unpaired) electrons. The van der Waals surface area contributed by atoms with E-state index in [1.165, 1.54) is 25.7 Å². The first-order valence-corrected chi connectivity index (χ1v) is 13.6. The van der Waals surface area contributed by atoms with Gasteiger partial charge in [-0.15, -0.1) is 0 Å². The zero-order valence-electron chi connectivity index (χ0n) is 21.2. The topological polar surface area (TPSA) is 43.7 Å². The molecule has 4 aliphatic rings. The first-order valence-electron chi connectivity index (χ1n) is 13.6. The summed E-state index contributed by atoms with van der Waals surface area (Å²) in [6, 6.07) is 0. The Balaban J connectivity index is 1.35. The van der Waals surface area contributed by atoms with E-state index in [-0.39, 0.29) is 12.3 Å². The highest BCUT2D eigenvalue weighted by Gasteiger charge is 2.50. The average Bonchev–Trinajstić information content (AvgIpc) is 3.37.